The number of carbonyl (C=O) groups is 2. The first kappa shape index (κ1) is 13.4. The second-order valence-corrected chi connectivity index (χ2v) is 5.18. The number of nitrogen functional groups attached to an aromatic ring is 1. The first-order chi connectivity index (χ1) is 10.0. The second kappa shape index (κ2) is 5.05. The van der Waals surface area contributed by atoms with E-state index in [0.717, 1.165) is 10.9 Å². The zero-order valence-corrected chi connectivity index (χ0v) is 11.7. The molecule has 3 N–H and O–H groups in total. The number of hydrogen-bond acceptors (Lipinski definition) is 5. The summed E-state index contributed by atoms with van der Waals surface area (Å²) in [4.78, 5) is 29.1. The van der Waals surface area contributed by atoms with E-state index < -0.39 is 6.04 Å². The predicted octanol–water partition coefficient (Wildman–Crippen LogP) is 1.38. The number of benzene rings is 1. The van der Waals surface area contributed by atoms with Crippen LogP contribution in [0.25, 0.3) is 10.9 Å². The summed E-state index contributed by atoms with van der Waals surface area (Å²) in [6, 6.07) is 8.79. The van der Waals surface area contributed by atoms with Gasteiger partial charge in [0.15, 0.2) is 0 Å². The minimum atomic E-state index is -0.411. The molecule has 2 aromatic rings. The van der Waals surface area contributed by atoms with Gasteiger partial charge in [-0.25, -0.2) is 4.98 Å². The number of carbonyl (C=O) groups excluding carboxylic acids is 2. The van der Waals surface area contributed by atoms with E-state index in [1.54, 1.807) is 6.07 Å². The van der Waals surface area contributed by atoms with Crippen LogP contribution < -0.4 is 11.1 Å². The fourth-order valence-electron chi connectivity index (χ4n) is 2.45. The van der Waals surface area contributed by atoms with Crippen LogP contribution in [-0.2, 0) is 9.59 Å². The first-order valence-electron chi connectivity index (χ1n) is 6.78. The average Bonchev–Trinajstić information content (AvgIpc) is 2.48. The van der Waals surface area contributed by atoms with Crippen molar-refractivity contribution < 1.29 is 9.59 Å². The summed E-state index contributed by atoms with van der Waals surface area (Å²) in [5.41, 5.74) is 7.23. The molecule has 6 nitrogen and oxygen atoms in total. The number of likely N-dealkylation sites (tertiary alicyclic amines) is 1. The standard InChI is InChI=1S/C15H16N4O2/c1-19-14(20)7-5-12(15(19)21)18-13-6-2-9-8-10(16)3-4-11(9)17-13/h2-4,6,8,12H,5,7,16H2,1H3,(H,17,18). The molecule has 2 heterocycles. The maximum absolute atomic E-state index is 12.0. The lowest BCUT2D eigenvalue weighted by atomic mass is 10.0. The molecule has 2 amide bonds. The van der Waals surface area contributed by atoms with E-state index in [1.807, 2.05) is 24.3 Å². The van der Waals surface area contributed by atoms with Crippen LogP contribution in [0.2, 0.25) is 0 Å². The van der Waals surface area contributed by atoms with Gasteiger partial charge in [0.05, 0.1) is 5.52 Å². The number of pyridine rings is 1. The number of aromatic nitrogens is 1. The highest BCUT2D eigenvalue weighted by molar-refractivity contribution is 6.01. The fraction of sp³-hybridized carbons (Fsp3) is 0.267. The SMILES string of the molecule is CN1C(=O)CCC(Nc2ccc3cc(N)ccc3n2)C1=O. The van der Waals surface area contributed by atoms with Gasteiger partial charge >= 0.3 is 0 Å². The number of anilines is 2. The minimum absolute atomic E-state index is 0.139. The van der Waals surface area contributed by atoms with Gasteiger partial charge in [0.2, 0.25) is 5.91 Å². The number of likely N-dealkylation sites (N-methyl/N-ethyl adjacent to an activating group) is 1. The van der Waals surface area contributed by atoms with Gasteiger partial charge in [-0.2, -0.15) is 0 Å². The third-order valence-corrected chi connectivity index (χ3v) is 3.69. The van der Waals surface area contributed by atoms with E-state index in [0.29, 0.717) is 24.3 Å². The lowest BCUT2D eigenvalue weighted by molar-refractivity contribution is -0.146. The molecule has 1 saturated heterocycles. The Morgan fingerprint density at radius 1 is 1.29 bits per heavy atom. The van der Waals surface area contributed by atoms with Gasteiger partial charge < -0.3 is 11.1 Å². The molecular formula is C15H16N4O2. The van der Waals surface area contributed by atoms with Crippen molar-refractivity contribution in [3.63, 3.8) is 0 Å². The maximum atomic E-state index is 12.0. The molecule has 3 rings (SSSR count). The summed E-state index contributed by atoms with van der Waals surface area (Å²) in [5.74, 6) is 0.263. The van der Waals surface area contributed by atoms with Crippen molar-refractivity contribution in [3.8, 4) is 0 Å². The molecule has 1 aromatic heterocycles. The summed E-state index contributed by atoms with van der Waals surface area (Å²) < 4.78 is 0. The van der Waals surface area contributed by atoms with Crippen molar-refractivity contribution in [2.45, 2.75) is 18.9 Å². The number of hydrogen-bond donors (Lipinski definition) is 2. The molecule has 1 aromatic carbocycles. The third-order valence-electron chi connectivity index (χ3n) is 3.69. The van der Waals surface area contributed by atoms with E-state index in [-0.39, 0.29) is 11.8 Å². The molecule has 1 aliphatic rings. The van der Waals surface area contributed by atoms with E-state index in [2.05, 4.69) is 10.3 Å². The Morgan fingerprint density at radius 2 is 2.10 bits per heavy atom. The van der Waals surface area contributed by atoms with E-state index >= 15 is 0 Å². The van der Waals surface area contributed by atoms with Gasteiger partial charge in [-0.1, -0.05) is 0 Å². The van der Waals surface area contributed by atoms with Crippen LogP contribution in [-0.4, -0.2) is 34.8 Å². The molecule has 1 fully saturated rings. The van der Waals surface area contributed by atoms with Crippen LogP contribution in [0, 0.1) is 0 Å². The number of imide groups is 1. The molecular weight excluding hydrogens is 268 g/mol. The molecule has 0 bridgehead atoms. The predicted molar refractivity (Wildman–Crippen MR) is 80.6 cm³/mol. The van der Waals surface area contributed by atoms with E-state index in [1.165, 1.54) is 11.9 Å². The smallest absolute Gasteiger partial charge is 0.251 e. The number of nitrogens with two attached hydrogens (primary N) is 1. The van der Waals surface area contributed by atoms with Crippen LogP contribution in [0.3, 0.4) is 0 Å². The summed E-state index contributed by atoms with van der Waals surface area (Å²) in [7, 11) is 1.51. The zero-order chi connectivity index (χ0) is 15.0. The van der Waals surface area contributed by atoms with E-state index in [9.17, 15) is 9.59 Å². The van der Waals surface area contributed by atoms with Crippen LogP contribution in [0.15, 0.2) is 30.3 Å². The fourth-order valence-corrected chi connectivity index (χ4v) is 2.45. The lowest BCUT2D eigenvalue weighted by Gasteiger charge is -2.28. The van der Waals surface area contributed by atoms with Crippen LogP contribution in [0.4, 0.5) is 11.5 Å². The maximum Gasteiger partial charge on any atom is 0.251 e. The largest absolute Gasteiger partial charge is 0.399 e. The molecule has 0 aliphatic carbocycles. The Morgan fingerprint density at radius 3 is 2.90 bits per heavy atom. The molecule has 1 unspecified atom stereocenters. The van der Waals surface area contributed by atoms with Crippen molar-refractivity contribution in [2.24, 2.45) is 0 Å². The summed E-state index contributed by atoms with van der Waals surface area (Å²) in [6.07, 6.45) is 0.855. The van der Waals surface area contributed by atoms with Gasteiger partial charge in [0.25, 0.3) is 5.91 Å². The van der Waals surface area contributed by atoms with Crippen LogP contribution >= 0.6 is 0 Å². The average molecular weight is 284 g/mol. The Kier molecular flexibility index (Phi) is 3.21. The topological polar surface area (TPSA) is 88.3 Å². The molecule has 108 valence electrons. The van der Waals surface area contributed by atoms with Crippen LogP contribution in [0.1, 0.15) is 12.8 Å². The van der Waals surface area contributed by atoms with Crippen molar-refractivity contribution in [1.29, 1.82) is 0 Å². The van der Waals surface area contributed by atoms with Crippen molar-refractivity contribution in [1.82, 2.24) is 9.88 Å². The molecule has 0 radical (unpaired) electrons. The zero-order valence-electron chi connectivity index (χ0n) is 11.7. The number of rotatable bonds is 2. The summed E-state index contributed by atoms with van der Waals surface area (Å²) in [6.45, 7) is 0. The van der Waals surface area contributed by atoms with Crippen molar-refractivity contribution in [2.75, 3.05) is 18.1 Å². The van der Waals surface area contributed by atoms with Gasteiger partial charge in [0, 0.05) is 24.5 Å². The molecule has 6 heteroatoms. The summed E-state index contributed by atoms with van der Waals surface area (Å²) >= 11 is 0. The van der Waals surface area contributed by atoms with Gasteiger partial charge in [0.1, 0.15) is 11.9 Å². The molecule has 1 atom stereocenters. The molecule has 21 heavy (non-hydrogen) atoms. The highest BCUT2D eigenvalue weighted by Crippen LogP contribution is 2.20. The molecule has 0 saturated carbocycles. The van der Waals surface area contributed by atoms with Gasteiger partial charge in [-0.05, 0) is 36.8 Å². The highest BCUT2D eigenvalue weighted by Gasteiger charge is 2.31. The Hall–Kier alpha value is -2.63. The first-order valence-corrected chi connectivity index (χ1v) is 6.78. The number of piperidine rings is 1. The monoisotopic (exact) mass is 284 g/mol. The highest BCUT2D eigenvalue weighted by atomic mass is 16.2. The number of nitrogens with one attached hydrogen (secondary N) is 1. The summed E-state index contributed by atoms with van der Waals surface area (Å²) in [5, 5.41) is 4.05. The Balaban J connectivity index is 1.83. The Labute approximate surface area is 121 Å². The molecule has 1 aliphatic heterocycles. The van der Waals surface area contributed by atoms with Gasteiger partial charge in [-0.3, -0.25) is 14.5 Å². The van der Waals surface area contributed by atoms with Crippen LogP contribution in [0.5, 0.6) is 0 Å². The minimum Gasteiger partial charge on any atom is -0.399 e. The van der Waals surface area contributed by atoms with Gasteiger partial charge in [-0.15, -0.1) is 0 Å². The third kappa shape index (κ3) is 2.52. The number of amides is 2. The quantitative estimate of drug-likeness (QED) is 0.642. The lowest BCUT2D eigenvalue weighted by Crippen LogP contribution is -2.48. The normalized spacial score (nSPS) is 19.1. The molecule has 0 spiro atoms. The number of fused-ring (bicyclic) bond motifs is 1. The second-order valence-electron chi connectivity index (χ2n) is 5.18. The Bertz CT molecular complexity index is 729. The number of nitrogens with zero attached hydrogens (tertiary/aromatic N) is 2. The van der Waals surface area contributed by atoms with E-state index in [4.69, 9.17) is 5.73 Å². The van der Waals surface area contributed by atoms with Crippen molar-refractivity contribution >= 4 is 34.2 Å². The van der Waals surface area contributed by atoms with Crippen molar-refractivity contribution in [3.05, 3.63) is 30.3 Å².